The van der Waals surface area contributed by atoms with E-state index in [9.17, 15) is 0 Å². The fourth-order valence-corrected chi connectivity index (χ4v) is 1.48. The van der Waals surface area contributed by atoms with Gasteiger partial charge in [-0.15, -0.1) is 11.8 Å². The summed E-state index contributed by atoms with van der Waals surface area (Å²) in [7, 11) is 1.61. The maximum absolute atomic E-state index is 5.98. The van der Waals surface area contributed by atoms with Gasteiger partial charge in [-0.2, -0.15) is 0 Å². The van der Waals surface area contributed by atoms with Crippen molar-refractivity contribution in [2.24, 2.45) is 0 Å². The highest BCUT2D eigenvalue weighted by Gasteiger charge is 2.00. The van der Waals surface area contributed by atoms with Crippen LogP contribution in [0.3, 0.4) is 0 Å². The van der Waals surface area contributed by atoms with E-state index in [2.05, 4.69) is 11.8 Å². The second-order valence-electron chi connectivity index (χ2n) is 2.90. The Hall–Kier alpha value is -1.13. The molecule has 0 aromatic heterocycles. The first-order valence-corrected chi connectivity index (χ1v) is 4.87. The number of hydrogen-bond acceptors (Lipinski definition) is 1. The summed E-state index contributed by atoms with van der Waals surface area (Å²) in [5, 5.41) is 0.662. The van der Waals surface area contributed by atoms with E-state index in [-0.39, 0.29) is 0 Å². The second-order valence-corrected chi connectivity index (χ2v) is 3.30. The normalized spacial score (nSPS) is 9.07. The van der Waals surface area contributed by atoms with Gasteiger partial charge in [0.1, 0.15) is 5.75 Å². The Morgan fingerprint density at radius 3 is 2.79 bits per heavy atom. The van der Waals surface area contributed by atoms with Crippen molar-refractivity contribution < 1.29 is 4.74 Å². The van der Waals surface area contributed by atoms with Crippen LogP contribution in [0, 0.1) is 11.8 Å². The van der Waals surface area contributed by atoms with E-state index in [1.807, 2.05) is 25.1 Å². The highest BCUT2D eigenvalue weighted by atomic mass is 35.5. The number of methoxy groups -OCH3 is 1. The van der Waals surface area contributed by atoms with Crippen LogP contribution in [0.1, 0.15) is 18.9 Å². The summed E-state index contributed by atoms with van der Waals surface area (Å²) in [6.07, 6.45) is 1.81. The summed E-state index contributed by atoms with van der Waals surface area (Å²) < 4.78 is 5.07. The van der Waals surface area contributed by atoms with E-state index in [0.29, 0.717) is 5.02 Å². The van der Waals surface area contributed by atoms with Crippen molar-refractivity contribution in [3.8, 4) is 17.6 Å². The first-order chi connectivity index (χ1) is 6.77. The van der Waals surface area contributed by atoms with Gasteiger partial charge in [0, 0.05) is 6.42 Å². The van der Waals surface area contributed by atoms with E-state index in [4.69, 9.17) is 16.3 Å². The van der Waals surface area contributed by atoms with Gasteiger partial charge in [-0.1, -0.05) is 17.7 Å². The molecule has 0 heterocycles. The van der Waals surface area contributed by atoms with Crippen LogP contribution in [-0.2, 0) is 6.42 Å². The zero-order valence-corrected chi connectivity index (χ0v) is 9.19. The van der Waals surface area contributed by atoms with Crippen molar-refractivity contribution in [1.82, 2.24) is 0 Å². The largest absolute Gasteiger partial charge is 0.495 e. The van der Waals surface area contributed by atoms with Crippen LogP contribution in [0.5, 0.6) is 5.75 Å². The summed E-state index contributed by atoms with van der Waals surface area (Å²) >= 11 is 5.98. The van der Waals surface area contributed by atoms with E-state index in [0.717, 1.165) is 18.6 Å². The highest BCUT2D eigenvalue weighted by molar-refractivity contribution is 6.32. The van der Waals surface area contributed by atoms with E-state index in [1.54, 1.807) is 7.11 Å². The van der Waals surface area contributed by atoms with Crippen LogP contribution in [0.25, 0.3) is 0 Å². The molecule has 1 aromatic carbocycles. The van der Waals surface area contributed by atoms with E-state index < -0.39 is 0 Å². The van der Waals surface area contributed by atoms with E-state index in [1.165, 1.54) is 5.56 Å². The third-order valence-corrected chi connectivity index (χ3v) is 2.23. The molecule has 0 aliphatic heterocycles. The number of rotatable bonds is 3. The summed E-state index contributed by atoms with van der Waals surface area (Å²) in [5.41, 5.74) is 1.19. The van der Waals surface area contributed by atoms with Crippen molar-refractivity contribution >= 4 is 11.6 Å². The Balaban J connectivity index is 2.69. The molecule has 1 nitrogen and oxygen atoms in total. The van der Waals surface area contributed by atoms with Gasteiger partial charge in [0.05, 0.1) is 12.1 Å². The number of halogens is 1. The third kappa shape index (κ3) is 2.97. The van der Waals surface area contributed by atoms with Gasteiger partial charge in [0.15, 0.2) is 0 Å². The van der Waals surface area contributed by atoms with Crippen molar-refractivity contribution in [2.75, 3.05) is 7.11 Å². The Morgan fingerprint density at radius 2 is 2.21 bits per heavy atom. The molecule has 0 amide bonds. The standard InChI is InChI=1S/C12H13ClO/c1-3-4-5-6-10-7-8-12(14-2)11(13)9-10/h7-9H,5-6H2,1-2H3. The lowest BCUT2D eigenvalue weighted by Crippen LogP contribution is -1.87. The average Bonchev–Trinajstić information content (AvgIpc) is 2.18. The predicted octanol–water partition coefficient (Wildman–Crippen LogP) is 3.30. The highest BCUT2D eigenvalue weighted by Crippen LogP contribution is 2.25. The number of aryl methyl sites for hydroxylation is 1. The number of ether oxygens (including phenoxy) is 1. The van der Waals surface area contributed by atoms with Crippen molar-refractivity contribution in [3.63, 3.8) is 0 Å². The minimum Gasteiger partial charge on any atom is -0.495 e. The van der Waals surface area contributed by atoms with Crippen LogP contribution in [0.15, 0.2) is 18.2 Å². The zero-order chi connectivity index (χ0) is 10.4. The molecular formula is C12H13ClO. The molecule has 0 atom stereocenters. The maximum atomic E-state index is 5.98. The van der Waals surface area contributed by atoms with Gasteiger partial charge >= 0.3 is 0 Å². The molecule has 0 saturated heterocycles. The fourth-order valence-electron chi connectivity index (χ4n) is 1.20. The molecule has 74 valence electrons. The lowest BCUT2D eigenvalue weighted by molar-refractivity contribution is 0.415. The Kier molecular flexibility index (Phi) is 4.35. The second kappa shape index (κ2) is 5.57. The number of hydrogen-bond donors (Lipinski definition) is 0. The zero-order valence-electron chi connectivity index (χ0n) is 8.43. The lowest BCUT2D eigenvalue weighted by Gasteiger charge is -2.04. The van der Waals surface area contributed by atoms with Gasteiger partial charge in [0.25, 0.3) is 0 Å². The smallest absolute Gasteiger partial charge is 0.137 e. The minimum absolute atomic E-state index is 0.662. The number of benzene rings is 1. The van der Waals surface area contributed by atoms with Gasteiger partial charge in [-0.25, -0.2) is 0 Å². The topological polar surface area (TPSA) is 9.23 Å². The van der Waals surface area contributed by atoms with Crippen molar-refractivity contribution in [3.05, 3.63) is 28.8 Å². The molecule has 0 N–H and O–H groups in total. The molecule has 0 bridgehead atoms. The van der Waals surface area contributed by atoms with Crippen molar-refractivity contribution in [1.29, 1.82) is 0 Å². The first-order valence-electron chi connectivity index (χ1n) is 4.50. The maximum Gasteiger partial charge on any atom is 0.137 e. The molecule has 0 aliphatic rings. The monoisotopic (exact) mass is 208 g/mol. The van der Waals surface area contributed by atoms with Crippen LogP contribution >= 0.6 is 11.6 Å². The molecular weight excluding hydrogens is 196 g/mol. The average molecular weight is 209 g/mol. The summed E-state index contributed by atoms with van der Waals surface area (Å²) in [6, 6.07) is 5.83. The first kappa shape index (κ1) is 10.9. The van der Waals surface area contributed by atoms with E-state index >= 15 is 0 Å². The van der Waals surface area contributed by atoms with Gasteiger partial charge in [0.2, 0.25) is 0 Å². The molecule has 0 unspecified atom stereocenters. The molecule has 0 fully saturated rings. The Bertz CT molecular complexity index is 360. The molecule has 1 aromatic rings. The fraction of sp³-hybridized carbons (Fsp3) is 0.333. The molecule has 14 heavy (non-hydrogen) atoms. The van der Waals surface area contributed by atoms with Crippen LogP contribution < -0.4 is 4.74 Å². The lowest BCUT2D eigenvalue weighted by atomic mass is 10.1. The molecule has 0 radical (unpaired) electrons. The minimum atomic E-state index is 0.662. The molecule has 1 rings (SSSR count). The quantitative estimate of drug-likeness (QED) is 0.693. The van der Waals surface area contributed by atoms with Crippen LogP contribution in [0.4, 0.5) is 0 Å². The molecule has 2 heteroatoms. The summed E-state index contributed by atoms with van der Waals surface area (Å²) in [4.78, 5) is 0. The SMILES string of the molecule is CC#CCCc1ccc(OC)c(Cl)c1. The van der Waals surface area contributed by atoms with Crippen LogP contribution in [-0.4, -0.2) is 7.11 Å². The molecule has 0 saturated carbocycles. The predicted molar refractivity (Wildman–Crippen MR) is 59.8 cm³/mol. The van der Waals surface area contributed by atoms with Gasteiger partial charge in [-0.3, -0.25) is 0 Å². The Labute approximate surface area is 90.0 Å². The van der Waals surface area contributed by atoms with Crippen LogP contribution in [0.2, 0.25) is 5.02 Å². The van der Waals surface area contributed by atoms with Gasteiger partial charge in [-0.05, 0) is 31.0 Å². The third-order valence-electron chi connectivity index (χ3n) is 1.93. The van der Waals surface area contributed by atoms with Gasteiger partial charge < -0.3 is 4.74 Å². The summed E-state index contributed by atoms with van der Waals surface area (Å²) in [6.45, 7) is 1.85. The summed E-state index contributed by atoms with van der Waals surface area (Å²) in [5.74, 6) is 6.61. The molecule has 0 spiro atoms. The molecule has 0 aliphatic carbocycles. The Morgan fingerprint density at radius 1 is 1.43 bits per heavy atom. The van der Waals surface area contributed by atoms with Crippen molar-refractivity contribution in [2.45, 2.75) is 19.8 Å².